The fraction of sp³-hybridized carbons (Fsp3) is 0.368. The number of amides is 2. The van der Waals surface area contributed by atoms with Gasteiger partial charge in [-0.15, -0.1) is 16.4 Å². The number of nitrogens with one attached hydrogen (secondary N) is 3. The van der Waals surface area contributed by atoms with Gasteiger partial charge in [0.2, 0.25) is 5.82 Å². The van der Waals surface area contributed by atoms with Gasteiger partial charge in [0.25, 0.3) is 0 Å². The van der Waals surface area contributed by atoms with Crippen molar-refractivity contribution in [3.63, 3.8) is 0 Å². The molecule has 1 aliphatic heterocycles. The van der Waals surface area contributed by atoms with Crippen LogP contribution in [0.25, 0.3) is 0 Å². The summed E-state index contributed by atoms with van der Waals surface area (Å²) in [6.07, 6.45) is 1.78. The normalized spacial score (nSPS) is 19.1. The molecule has 1 aromatic carbocycles. The van der Waals surface area contributed by atoms with Crippen molar-refractivity contribution in [1.82, 2.24) is 25.5 Å². The average molecular weight is 417 g/mol. The van der Waals surface area contributed by atoms with Crippen LogP contribution in [0.15, 0.2) is 41.8 Å². The highest BCUT2D eigenvalue weighted by atomic mass is 32.1. The molecule has 29 heavy (non-hydrogen) atoms. The Morgan fingerprint density at radius 2 is 2.03 bits per heavy atom. The number of carbonyl (C=O) groups excluding carboxylic acids is 1. The molecule has 152 valence electrons. The second kappa shape index (κ2) is 9.10. The Hall–Kier alpha value is -2.85. The largest absolute Gasteiger partial charge is 0.335 e. The third kappa shape index (κ3) is 5.36. The maximum Gasteiger partial charge on any atom is 0.319 e. The minimum Gasteiger partial charge on any atom is -0.335 e. The molecule has 0 atom stereocenters. The molecule has 1 fully saturated rings. The first kappa shape index (κ1) is 19.5. The number of aromatic nitrogens is 4. The molecule has 1 saturated heterocycles. The molecule has 0 unspecified atom stereocenters. The molecule has 10 heteroatoms. The molecule has 3 N–H and O–H groups in total. The third-order valence-electron chi connectivity index (χ3n) is 5.03. The Morgan fingerprint density at radius 1 is 1.24 bits per heavy atom. The number of quaternary nitrogens is 1. The number of likely N-dealkylation sites (tertiary alicyclic amines) is 1. The molecular formula is C19H23FN7OS+. The third-order valence-corrected chi connectivity index (χ3v) is 5.89. The van der Waals surface area contributed by atoms with Crippen LogP contribution >= 0.6 is 11.3 Å². The standard InChI is InChI=1S/C19H22FN7OS/c20-14-3-5-15(6-4-14)21-19(28)22-16-7-9-26(10-8-16)13-18-23-24-25-27(18)12-17-2-1-11-29-17/h1-6,11,16H,7-10,12-13H2,(H2,21,22,28)/p+1. The van der Waals surface area contributed by atoms with E-state index < -0.39 is 0 Å². The van der Waals surface area contributed by atoms with E-state index in [4.69, 9.17) is 0 Å². The molecule has 0 saturated carbocycles. The van der Waals surface area contributed by atoms with Crippen LogP contribution in [0.3, 0.4) is 0 Å². The van der Waals surface area contributed by atoms with Gasteiger partial charge in [0.15, 0.2) is 0 Å². The number of rotatable bonds is 6. The summed E-state index contributed by atoms with van der Waals surface area (Å²) in [6.45, 7) is 3.34. The highest BCUT2D eigenvalue weighted by Gasteiger charge is 2.25. The number of thiophene rings is 1. The summed E-state index contributed by atoms with van der Waals surface area (Å²) in [6, 6.07) is 9.71. The highest BCUT2D eigenvalue weighted by Crippen LogP contribution is 2.11. The van der Waals surface area contributed by atoms with Gasteiger partial charge < -0.3 is 15.5 Å². The minimum atomic E-state index is -0.326. The van der Waals surface area contributed by atoms with E-state index in [0.717, 1.165) is 38.3 Å². The number of carbonyl (C=O) groups is 1. The molecule has 3 heterocycles. The molecule has 2 aromatic heterocycles. The smallest absolute Gasteiger partial charge is 0.319 e. The molecule has 8 nitrogen and oxygen atoms in total. The van der Waals surface area contributed by atoms with Crippen LogP contribution in [0.5, 0.6) is 0 Å². The second-order valence-corrected chi connectivity index (χ2v) is 8.17. The van der Waals surface area contributed by atoms with Crippen LogP contribution < -0.4 is 15.5 Å². The van der Waals surface area contributed by atoms with Crippen LogP contribution in [-0.2, 0) is 13.1 Å². The maximum atomic E-state index is 12.9. The van der Waals surface area contributed by atoms with Crippen molar-refractivity contribution in [2.24, 2.45) is 0 Å². The Bertz CT molecular complexity index is 920. The van der Waals surface area contributed by atoms with E-state index in [2.05, 4.69) is 37.6 Å². The average Bonchev–Trinajstić information content (AvgIpc) is 3.38. The summed E-state index contributed by atoms with van der Waals surface area (Å²) in [5.41, 5.74) is 0.574. The van der Waals surface area contributed by atoms with E-state index in [1.54, 1.807) is 23.5 Å². The lowest BCUT2D eigenvalue weighted by Crippen LogP contribution is -3.12. The molecular weight excluding hydrogens is 393 g/mol. The quantitative estimate of drug-likeness (QED) is 0.565. The van der Waals surface area contributed by atoms with Crippen LogP contribution in [0.4, 0.5) is 14.9 Å². The number of hydrogen-bond donors (Lipinski definition) is 3. The zero-order chi connectivity index (χ0) is 20.1. The number of nitrogens with zero attached hydrogens (tertiary/aromatic N) is 4. The van der Waals surface area contributed by atoms with Gasteiger partial charge in [-0.05, 0) is 46.1 Å². The van der Waals surface area contributed by atoms with Crippen molar-refractivity contribution in [1.29, 1.82) is 0 Å². The van der Waals surface area contributed by atoms with Crippen LogP contribution in [0.2, 0.25) is 0 Å². The van der Waals surface area contributed by atoms with Gasteiger partial charge in [0.05, 0.1) is 19.6 Å². The molecule has 0 aliphatic carbocycles. The summed E-state index contributed by atoms with van der Waals surface area (Å²) in [5.74, 6) is 0.557. The summed E-state index contributed by atoms with van der Waals surface area (Å²) in [4.78, 5) is 14.8. The molecule has 2 amide bonds. The first-order valence-corrected chi connectivity index (χ1v) is 10.5. The molecule has 1 aliphatic rings. The first-order chi connectivity index (χ1) is 14.2. The minimum absolute atomic E-state index is 0.126. The zero-order valence-electron chi connectivity index (χ0n) is 15.8. The van der Waals surface area contributed by atoms with Crippen LogP contribution in [0.1, 0.15) is 23.5 Å². The van der Waals surface area contributed by atoms with Crippen molar-refractivity contribution in [3.8, 4) is 0 Å². The zero-order valence-corrected chi connectivity index (χ0v) is 16.7. The van der Waals surface area contributed by atoms with E-state index in [0.29, 0.717) is 12.2 Å². The summed E-state index contributed by atoms with van der Waals surface area (Å²) < 4.78 is 14.8. The molecule has 0 spiro atoms. The van der Waals surface area contributed by atoms with E-state index >= 15 is 0 Å². The fourth-order valence-electron chi connectivity index (χ4n) is 3.48. The number of halogens is 1. The number of hydrogen-bond acceptors (Lipinski definition) is 5. The van der Waals surface area contributed by atoms with Gasteiger partial charge in [-0.2, -0.15) is 0 Å². The van der Waals surface area contributed by atoms with Crippen LogP contribution in [0, 0.1) is 5.82 Å². The van der Waals surface area contributed by atoms with Crippen molar-refractivity contribution in [2.75, 3.05) is 18.4 Å². The topological polar surface area (TPSA) is 89.2 Å². The summed E-state index contributed by atoms with van der Waals surface area (Å²) >= 11 is 1.70. The van der Waals surface area contributed by atoms with Gasteiger partial charge in [0, 0.05) is 29.4 Å². The number of anilines is 1. The SMILES string of the molecule is O=C(Nc1ccc(F)cc1)NC1CC[NH+](Cc2nnnn2Cc2cccs2)CC1. The van der Waals surface area contributed by atoms with E-state index in [1.165, 1.54) is 21.9 Å². The predicted octanol–water partition coefficient (Wildman–Crippen LogP) is 1.29. The first-order valence-electron chi connectivity index (χ1n) is 9.60. The predicted molar refractivity (Wildman–Crippen MR) is 107 cm³/mol. The monoisotopic (exact) mass is 416 g/mol. The van der Waals surface area contributed by atoms with Gasteiger partial charge in [-0.1, -0.05) is 6.07 Å². The van der Waals surface area contributed by atoms with E-state index in [9.17, 15) is 9.18 Å². The van der Waals surface area contributed by atoms with E-state index in [1.807, 2.05) is 10.7 Å². The summed E-state index contributed by atoms with van der Waals surface area (Å²) in [5, 5.41) is 19.9. The Balaban J connectivity index is 1.23. The highest BCUT2D eigenvalue weighted by molar-refractivity contribution is 7.09. The Kier molecular flexibility index (Phi) is 6.11. The van der Waals surface area contributed by atoms with Crippen LogP contribution in [-0.4, -0.2) is 45.4 Å². The number of urea groups is 1. The van der Waals surface area contributed by atoms with Crippen molar-refractivity contribution in [2.45, 2.75) is 32.0 Å². The van der Waals surface area contributed by atoms with Crippen molar-refractivity contribution >= 4 is 23.1 Å². The maximum absolute atomic E-state index is 12.9. The number of benzene rings is 1. The lowest BCUT2D eigenvalue weighted by atomic mass is 10.1. The lowest BCUT2D eigenvalue weighted by Gasteiger charge is -2.29. The molecule has 4 rings (SSSR count). The van der Waals surface area contributed by atoms with Gasteiger partial charge >= 0.3 is 6.03 Å². The summed E-state index contributed by atoms with van der Waals surface area (Å²) in [7, 11) is 0. The molecule has 0 bridgehead atoms. The van der Waals surface area contributed by atoms with Crippen molar-refractivity contribution < 1.29 is 14.1 Å². The fourth-order valence-corrected chi connectivity index (χ4v) is 4.17. The molecule has 3 aromatic rings. The second-order valence-electron chi connectivity index (χ2n) is 7.14. The number of tetrazole rings is 1. The number of piperidine rings is 1. The van der Waals surface area contributed by atoms with Gasteiger partial charge in [-0.25, -0.2) is 13.9 Å². The Labute approximate surface area is 171 Å². The van der Waals surface area contributed by atoms with Gasteiger partial charge in [-0.3, -0.25) is 0 Å². The van der Waals surface area contributed by atoms with E-state index in [-0.39, 0.29) is 17.9 Å². The van der Waals surface area contributed by atoms with Gasteiger partial charge in [0.1, 0.15) is 12.4 Å². The van der Waals surface area contributed by atoms with Crippen molar-refractivity contribution in [3.05, 3.63) is 58.3 Å². The lowest BCUT2D eigenvalue weighted by molar-refractivity contribution is -0.919. The Morgan fingerprint density at radius 3 is 2.76 bits per heavy atom. The molecule has 0 radical (unpaired) electrons.